The molecule has 1 amide bonds. The molecule has 0 spiro atoms. The lowest BCUT2D eigenvalue weighted by Crippen LogP contribution is -2.65. The zero-order valence-electron chi connectivity index (χ0n) is 19.8. The van der Waals surface area contributed by atoms with E-state index in [0.29, 0.717) is 16.7 Å². The molecule has 2 unspecified atom stereocenters. The maximum Gasteiger partial charge on any atom is 0.314 e. The van der Waals surface area contributed by atoms with E-state index in [1.54, 1.807) is 6.08 Å². The quantitative estimate of drug-likeness (QED) is 0.381. The summed E-state index contributed by atoms with van der Waals surface area (Å²) in [6, 6.07) is -0.387. The molecule has 0 aromatic carbocycles. The number of methoxy groups -OCH3 is 2. The van der Waals surface area contributed by atoms with Gasteiger partial charge in [-0.05, 0) is 41.8 Å². The lowest BCUT2D eigenvalue weighted by atomic mass is 9.68. The molecule has 31 heavy (non-hydrogen) atoms. The second kappa shape index (κ2) is 8.74. The number of amides is 1. The van der Waals surface area contributed by atoms with Gasteiger partial charge in [-0.1, -0.05) is 40.0 Å². The number of rotatable bonds is 6. The second-order valence-electron chi connectivity index (χ2n) is 9.80. The fourth-order valence-corrected chi connectivity index (χ4v) is 5.38. The van der Waals surface area contributed by atoms with Gasteiger partial charge in [0.1, 0.15) is 0 Å². The molecule has 2 aliphatic rings. The molecular formula is C23H35NO6Si. The van der Waals surface area contributed by atoms with E-state index in [1.807, 2.05) is 6.92 Å². The minimum Gasteiger partial charge on any atom is -0.469 e. The minimum absolute atomic E-state index is 0.00266. The first kappa shape index (κ1) is 25.1. The predicted molar refractivity (Wildman–Crippen MR) is 121 cm³/mol. The van der Waals surface area contributed by atoms with Crippen molar-refractivity contribution >= 4 is 26.2 Å². The van der Waals surface area contributed by atoms with Gasteiger partial charge in [0.05, 0.1) is 44.1 Å². The SMILES string of the molecule is C=C1C=C([C@H]2NC(=O)[C@@H]2[C@@H](C)O[Si](C)(C)C(C)(C)C)C(=C)C(C(=O)OC)C1C(=O)OC. The molecule has 1 heterocycles. The van der Waals surface area contributed by atoms with Crippen LogP contribution in [0.3, 0.4) is 0 Å². The Labute approximate surface area is 186 Å². The van der Waals surface area contributed by atoms with Crippen molar-refractivity contribution in [2.24, 2.45) is 17.8 Å². The minimum atomic E-state index is -2.10. The molecule has 8 heteroatoms. The number of carbonyl (C=O) groups is 3. The molecular weight excluding hydrogens is 414 g/mol. The van der Waals surface area contributed by atoms with E-state index in [4.69, 9.17) is 13.9 Å². The molecule has 2 rings (SSSR count). The van der Waals surface area contributed by atoms with Crippen LogP contribution in [0.1, 0.15) is 27.7 Å². The van der Waals surface area contributed by atoms with Crippen LogP contribution in [-0.4, -0.2) is 52.5 Å². The summed E-state index contributed by atoms with van der Waals surface area (Å²) in [4.78, 5) is 37.4. The highest BCUT2D eigenvalue weighted by molar-refractivity contribution is 6.74. The van der Waals surface area contributed by atoms with Gasteiger partial charge in [0.2, 0.25) is 5.91 Å². The van der Waals surface area contributed by atoms with Crippen LogP contribution >= 0.6 is 0 Å². The smallest absolute Gasteiger partial charge is 0.314 e. The molecule has 1 fully saturated rings. The molecule has 5 atom stereocenters. The lowest BCUT2D eigenvalue weighted by Gasteiger charge is -2.47. The maximum atomic E-state index is 12.5. The number of hydrogen-bond donors (Lipinski definition) is 1. The topological polar surface area (TPSA) is 90.9 Å². The normalized spacial score (nSPS) is 27.6. The molecule has 1 N–H and O–H groups in total. The average molecular weight is 450 g/mol. The number of allylic oxidation sites excluding steroid dienone is 1. The third-order valence-corrected chi connectivity index (χ3v) is 11.4. The summed E-state index contributed by atoms with van der Waals surface area (Å²) in [6.07, 6.45) is 1.40. The maximum absolute atomic E-state index is 12.5. The molecule has 172 valence electrons. The Morgan fingerprint density at radius 1 is 1.10 bits per heavy atom. The molecule has 1 aliphatic heterocycles. The van der Waals surface area contributed by atoms with E-state index in [9.17, 15) is 14.4 Å². The first-order valence-electron chi connectivity index (χ1n) is 10.4. The summed E-state index contributed by atoms with van der Waals surface area (Å²) in [5.41, 5.74) is 1.50. The average Bonchev–Trinajstić information content (AvgIpc) is 2.64. The molecule has 0 saturated carbocycles. The van der Waals surface area contributed by atoms with Crippen LogP contribution in [0.5, 0.6) is 0 Å². The number of β-lactam (4-membered cyclic amide) rings is 1. The number of hydrogen-bond acceptors (Lipinski definition) is 6. The predicted octanol–water partition coefficient (Wildman–Crippen LogP) is 3.14. The Morgan fingerprint density at radius 2 is 1.61 bits per heavy atom. The molecule has 0 aromatic rings. The fourth-order valence-electron chi connectivity index (χ4n) is 3.95. The summed E-state index contributed by atoms with van der Waals surface area (Å²) in [7, 11) is 0.421. The highest BCUT2D eigenvalue weighted by Gasteiger charge is 2.52. The van der Waals surface area contributed by atoms with Crippen molar-refractivity contribution in [2.45, 2.75) is 58.0 Å². The lowest BCUT2D eigenvalue weighted by molar-refractivity contribution is -0.154. The van der Waals surface area contributed by atoms with Gasteiger partial charge in [-0.2, -0.15) is 0 Å². The van der Waals surface area contributed by atoms with Crippen molar-refractivity contribution in [1.29, 1.82) is 0 Å². The molecule has 7 nitrogen and oxygen atoms in total. The van der Waals surface area contributed by atoms with Gasteiger partial charge >= 0.3 is 11.9 Å². The monoisotopic (exact) mass is 449 g/mol. The third kappa shape index (κ3) is 4.55. The van der Waals surface area contributed by atoms with Crippen LogP contribution in [0.25, 0.3) is 0 Å². The van der Waals surface area contributed by atoms with Crippen molar-refractivity contribution in [3.05, 3.63) is 36.0 Å². The highest BCUT2D eigenvalue weighted by Crippen LogP contribution is 2.44. The van der Waals surface area contributed by atoms with Crippen LogP contribution in [0, 0.1) is 17.8 Å². The first-order valence-corrected chi connectivity index (χ1v) is 13.3. The van der Waals surface area contributed by atoms with Crippen LogP contribution in [0.4, 0.5) is 0 Å². The van der Waals surface area contributed by atoms with Crippen molar-refractivity contribution in [2.75, 3.05) is 14.2 Å². The third-order valence-electron chi connectivity index (χ3n) is 6.82. The van der Waals surface area contributed by atoms with Gasteiger partial charge in [-0.15, -0.1) is 0 Å². The molecule has 0 bridgehead atoms. The van der Waals surface area contributed by atoms with Gasteiger partial charge < -0.3 is 19.2 Å². The van der Waals surface area contributed by atoms with E-state index in [-0.39, 0.29) is 23.1 Å². The van der Waals surface area contributed by atoms with Crippen molar-refractivity contribution in [3.63, 3.8) is 0 Å². The number of carbonyl (C=O) groups excluding carboxylic acids is 3. The van der Waals surface area contributed by atoms with E-state index in [2.05, 4.69) is 52.3 Å². The van der Waals surface area contributed by atoms with E-state index in [1.165, 1.54) is 14.2 Å². The number of ether oxygens (including phenoxy) is 2. The number of nitrogens with one attached hydrogen (secondary N) is 1. The van der Waals surface area contributed by atoms with Gasteiger partial charge in [0, 0.05) is 0 Å². The summed E-state index contributed by atoms with van der Waals surface area (Å²) in [5.74, 6) is -3.60. The van der Waals surface area contributed by atoms with Gasteiger partial charge in [-0.3, -0.25) is 14.4 Å². The number of esters is 2. The van der Waals surface area contributed by atoms with Crippen molar-refractivity contribution in [1.82, 2.24) is 5.32 Å². The Kier molecular flexibility index (Phi) is 7.07. The fraction of sp³-hybridized carbons (Fsp3) is 0.609. The zero-order valence-corrected chi connectivity index (χ0v) is 20.8. The summed E-state index contributed by atoms with van der Waals surface area (Å²) in [6.45, 7) is 20.7. The van der Waals surface area contributed by atoms with Gasteiger partial charge in [0.25, 0.3) is 0 Å². The van der Waals surface area contributed by atoms with Gasteiger partial charge in [-0.25, -0.2) is 0 Å². The van der Waals surface area contributed by atoms with E-state index < -0.39 is 38.0 Å². The Balaban J connectivity index is 2.37. The molecule has 1 aliphatic carbocycles. The summed E-state index contributed by atoms with van der Waals surface area (Å²) >= 11 is 0. The van der Waals surface area contributed by atoms with E-state index in [0.717, 1.165) is 0 Å². The molecule has 0 aromatic heterocycles. The highest BCUT2D eigenvalue weighted by atomic mass is 28.4. The van der Waals surface area contributed by atoms with Crippen molar-refractivity contribution < 1.29 is 28.3 Å². The second-order valence-corrected chi connectivity index (χ2v) is 14.6. The van der Waals surface area contributed by atoms with E-state index >= 15 is 0 Å². The Hall–Kier alpha value is -2.19. The standard InChI is InChI=1S/C23H35NO6Si/c1-12-11-15(13(2)17(22(27)29-8)16(12)21(26)28-7)19-18(20(25)24-19)14(3)30-31(9,10)23(4,5)6/h11,14,16-19H,1-2H2,3-10H3,(H,24,25)/t14-,16?,17?,18-,19-/m1/s1. The van der Waals surface area contributed by atoms with Crippen LogP contribution in [0.2, 0.25) is 18.1 Å². The van der Waals surface area contributed by atoms with Gasteiger partial charge in [0.15, 0.2) is 8.32 Å². The summed E-state index contributed by atoms with van der Waals surface area (Å²) in [5, 5.41) is 2.92. The van der Waals surface area contributed by atoms with Crippen molar-refractivity contribution in [3.8, 4) is 0 Å². The Morgan fingerprint density at radius 3 is 2.06 bits per heavy atom. The Bertz CT molecular complexity index is 837. The van der Waals surface area contributed by atoms with Crippen LogP contribution in [0.15, 0.2) is 36.0 Å². The zero-order chi connectivity index (χ0) is 23.9. The largest absolute Gasteiger partial charge is 0.469 e. The molecule has 0 radical (unpaired) electrons. The van der Waals surface area contributed by atoms with Crippen LogP contribution in [-0.2, 0) is 28.3 Å². The van der Waals surface area contributed by atoms with Crippen LogP contribution < -0.4 is 5.32 Å². The molecule has 1 saturated heterocycles. The first-order chi connectivity index (χ1) is 14.2. The summed E-state index contributed by atoms with van der Waals surface area (Å²) < 4.78 is 16.3.